The summed E-state index contributed by atoms with van der Waals surface area (Å²) < 4.78 is 30.9. The number of benzene rings is 1. The van der Waals surface area contributed by atoms with Crippen molar-refractivity contribution in [2.75, 3.05) is 58.7 Å². The number of sulfonamides is 1. The molecule has 1 amide bonds. The SMILES string of the molecule is CCN(Cc1ccccc1)C(=O)CCN(CCN1CCOCC1)S(C)(=O)=O. The maximum absolute atomic E-state index is 12.6. The molecule has 8 heteroatoms. The van der Waals surface area contributed by atoms with Crippen molar-refractivity contribution >= 4 is 15.9 Å². The van der Waals surface area contributed by atoms with Gasteiger partial charge in [0.15, 0.2) is 0 Å². The second kappa shape index (κ2) is 10.8. The smallest absolute Gasteiger partial charge is 0.224 e. The molecule has 1 aliphatic heterocycles. The number of nitrogens with zero attached hydrogens (tertiary/aromatic N) is 3. The van der Waals surface area contributed by atoms with Crippen molar-refractivity contribution in [1.29, 1.82) is 0 Å². The van der Waals surface area contributed by atoms with Gasteiger partial charge in [-0.15, -0.1) is 0 Å². The van der Waals surface area contributed by atoms with E-state index >= 15 is 0 Å². The molecule has 1 aliphatic rings. The fourth-order valence-electron chi connectivity index (χ4n) is 3.08. The largest absolute Gasteiger partial charge is 0.379 e. The first kappa shape index (κ1) is 21.8. The first-order valence-electron chi connectivity index (χ1n) is 9.47. The van der Waals surface area contributed by atoms with Crippen molar-refractivity contribution in [3.05, 3.63) is 35.9 Å². The maximum atomic E-state index is 12.6. The summed E-state index contributed by atoms with van der Waals surface area (Å²) in [5, 5.41) is 0. The van der Waals surface area contributed by atoms with Crippen molar-refractivity contribution in [2.24, 2.45) is 0 Å². The minimum absolute atomic E-state index is 0.0265. The number of hydrogen-bond acceptors (Lipinski definition) is 5. The minimum atomic E-state index is -3.35. The van der Waals surface area contributed by atoms with Gasteiger partial charge >= 0.3 is 0 Å². The molecule has 0 N–H and O–H groups in total. The molecule has 1 aromatic rings. The predicted octanol–water partition coefficient (Wildman–Crippen LogP) is 1.02. The zero-order valence-corrected chi connectivity index (χ0v) is 17.2. The Bertz CT molecular complexity index is 675. The van der Waals surface area contributed by atoms with Crippen molar-refractivity contribution < 1.29 is 17.9 Å². The van der Waals surface area contributed by atoms with Crippen LogP contribution in [0.25, 0.3) is 0 Å². The average Bonchev–Trinajstić information content (AvgIpc) is 2.66. The van der Waals surface area contributed by atoms with Crippen LogP contribution in [0.3, 0.4) is 0 Å². The van der Waals surface area contributed by atoms with Crippen LogP contribution in [0.15, 0.2) is 30.3 Å². The van der Waals surface area contributed by atoms with Gasteiger partial charge in [0.05, 0.1) is 19.5 Å². The summed E-state index contributed by atoms with van der Waals surface area (Å²) in [7, 11) is -3.35. The van der Waals surface area contributed by atoms with Crippen LogP contribution in [0.4, 0.5) is 0 Å². The molecule has 27 heavy (non-hydrogen) atoms. The van der Waals surface area contributed by atoms with Gasteiger partial charge in [-0.25, -0.2) is 12.7 Å². The second-order valence-electron chi connectivity index (χ2n) is 6.76. The lowest BCUT2D eigenvalue weighted by atomic mass is 10.2. The standard InChI is InChI=1S/C19H31N3O4S/c1-3-21(17-18-7-5-4-6-8-18)19(23)9-10-22(27(2,24)25)12-11-20-13-15-26-16-14-20/h4-8H,3,9-17H2,1-2H3. The van der Waals surface area contributed by atoms with Crippen LogP contribution in [0.5, 0.6) is 0 Å². The summed E-state index contributed by atoms with van der Waals surface area (Å²) >= 11 is 0. The third-order valence-corrected chi connectivity index (χ3v) is 6.07. The number of carbonyl (C=O) groups excluding carboxylic acids is 1. The Balaban J connectivity index is 1.87. The van der Waals surface area contributed by atoms with Crippen LogP contribution in [0.2, 0.25) is 0 Å². The average molecular weight is 398 g/mol. The van der Waals surface area contributed by atoms with Crippen LogP contribution in [-0.4, -0.2) is 87.2 Å². The van der Waals surface area contributed by atoms with E-state index in [1.165, 1.54) is 10.6 Å². The zero-order valence-electron chi connectivity index (χ0n) is 16.3. The van der Waals surface area contributed by atoms with E-state index in [-0.39, 0.29) is 18.9 Å². The van der Waals surface area contributed by atoms with Crippen LogP contribution in [0.1, 0.15) is 18.9 Å². The lowest BCUT2D eigenvalue weighted by molar-refractivity contribution is -0.131. The van der Waals surface area contributed by atoms with E-state index in [1.807, 2.05) is 37.3 Å². The van der Waals surface area contributed by atoms with Crippen molar-refractivity contribution in [1.82, 2.24) is 14.1 Å². The molecule has 1 aromatic carbocycles. The number of carbonyl (C=O) groups is 1. The van der Waals surface area contributed by atoms with Gasteiger partial charge in [0, 0.05) is 52.2 Å². The van der Waals surface area contributed by atoms with Crippen LogP contribution < -0.4 is 0 Å². The third kappa shape index (κ3) is 7.57. The lowest BCUT2D eigenvalue weighted by Gasteiger charge is -2.29. The Labute approximate surface area is 162 Å². The summed E-state index contributed by atoms with van der Waals surface area (Å²) in [5.74, 6) is -0.0265. The van der Waals surface area contributed by atoms with Gasteiger partial charge in [-0.05, 0) is 12.5 Å². The third-order valence-electron chi connectivity index (χ3n) is 4.76. The van der Waals surface area contributed by atoms with Crippen LogP contribution in [0, 0.1) is 0 Å². The molecule has 0 unspecified atom stereocenters. The lowest BCUT2D eigenvalue weighted by Crippen LogP contribution is -2.44. The Morgan fingerprint density at radius 1 is 1.15 bits per heavy atom. The fourth-order valence-corrected chi connectivity index (χ4v) is 3.92. The quantitative estimate of drug-likeness (QED) is 0.590. The van der Waals surface area contributed by atoms with Gasteiger partial charge in [0.2, 0.25) is 15.9 Å². The van der Waals surface area contributed by atoms with E-state index in [0.717, 1.165) is 18.7 Å². The van der Waals surface area contributed by atoms with Gasteiger partial charge in [0.25, 0.3) is 0 Å². The van der Waals surface area contributed by atoms with E-state index in [9.17, 15) is 13.2 Å². The molecule has 0 bridgehead atoms. The number of ether oxygens (including phenoxy) is 1. The van der Waals surface area contributed by atoms with Gasteiger partial charge in [-0.1, -0.05) is 30.3 Å². The predicted molar refractivity (Wildman–Crippen MR) is 106 cm³/mol. The van der Waals surface area contributed by atoms with E-state index < -0.39 is 10.0 Å². The van der Waals surface area contributed by atoms with Crippen molar-refractivity contribution in [3.63, 3.8) is 0 Å². The van der Waals surface area contributed by atoms with E-state index in [1.54, 1.807) is 4.90 Å². The second-order valence-corrected chi connectivity index (χ2v) is 8.74. The zero-order chi connectivity index (χ0) is 19.7. The molecule has 0 spiro atoms. The highest BCUT2D eigenvalue weighted by molar-refractivity contribution is 7.88. The van der Waals surface area contributed by atoms with E-state index in [4.69, 9.17) is 4.74 Å². The molecule has 1 heterocycles. The Hall–Kier alpha value is -1.48. The molecule has 0 saturated carbocycles. The van der Waals surface area contributed by atoms with Gasteiger partial charge in [0.1, 0.15) is 0 Å². The Morgan fingerprint density at radius 3 is 2.41 bits per heavy atom. The molecule has 152 valence electrons. The molecular weight excluding hydrogens is 366 g/mol. The molecular formula is C19H31N3O4S. The van der Waals surface area contributed by atoms with Crippen LogP contribution >= 0.6 is 0 Å². The molecule has 0 aliphatic carbocycles. The van der Waals surface area contributed by atoms with E-state index in [0.29, 0.717) is 39.4 Å². The molecule has 0 radical (unpaired) electrons. The Kier molecular flexibility index (Phi) is 8.69. The van der Waals surface area contributed by atoms with Crippen molar-refractivity contribution in [3.8, 4) is 0 Å². The number of hydrogen-bond donors (Lipinski definition) is 0. The molecule has 1 fully saturated rings. The first-order chi connectivity index (χ1) is 12.9. The van der Waals surface area contributed by atoms with Crippen molar-refractivity contribution in [2.45, 2.75) is 19.9 Å². The minimum Gasteiger partial charge on any atom is -0.379 e. The summed E-state index contributed by atoms with van der Waals surface area (Å²) in [6.07, 6.45) is 1.40. The Morgan fingerprint density at radius 2 is 1.81 bits per heavy atom. The number of morpholine rings is 1. The summed E-state index contributed by atoms with van der Waals surface area (Å²) in [6.45, 7) is 7.35. The van der Waals surface area contributed by atoms with Gasteiger partial charge in [-0.3, -0.25) is 9.69 Å². The molecule has 2 rings (SSSR count). The normalized spacial score (nSPS) is 15.8. The molecule has 0 aromatic heterocycles. The van der Waals surface area contributed by atoms with E-state index in [2.05, 4.69) is 4.90 Å². The molecule has 7 nitrogen and oxygen atoms in total. The topological polar surface area (TPSA) is 70.2 Å². The molecule has 0 atom stereocenters. The number of amides is 1. The highest BCUT2D eigenvalue weighted by atomic mass is 32.2. The van der Waals surface area contributed by atoms with Gasteiger partial charge in [-0.2, -0.15) is 0 Å². The first-order valence-corrected chi connectivity index (χ1v) is 11.3. The number of rotatable bonds is 10. The van der Waals surface area contributed by atoms with Crippen LogP contribution in [-0.2, 0) is 26.1 Å². The highest BCUT2D eigenvalue weighted by Crippen LogP contribution is 2.08. The monoisotopic (exact) mass is 397 g/mol. The fraction of sp³-hybridized carbons (Fsp3) is 0.632. The summed E-state index contributed by atoms with van der Waals surface area (Å²) in [6, 6.07) is 9.82. The summed E-state index contributed by atoms with van der Waals surface area (Å²) in [4.78, 5) is 16.5. The van der Waals surface area contributed by atoms with Gasteiger partial charge < -0.3 is 9.64 Å². The molecule has 1 saturated heterocycles. The highest BCUT2D eigenvalue weighted by Gasteiger charge is 2.21. The summed E-state index contributed by atoms with van der Waals surface area (Å²) in [5.41, 5.74) is 1.07. The maximum Gasteiger partial charge on any atom is 0.224 e.